The second kappa shape index (κ2) is 8.20. The Kier molecular flexibility index (Phi) is 5.09. The number of nitrogens with one attached hydrogen (secondary N) is 2. The lowest BCUT2D eigenvalue weighted by Gasteiger charge is -2.29. The molecule has 31 heavy (non-hydrogen) atoms. The molecule has 4 aromatic rings. The number of nitrogen functional groups attached to an aromatic ring is 1. The highest BCUT2D eigenvalue weighted by Crippen LogP contribution is 2.32. The topological polar surface area (TPSA) is 79.1 Å². The van der Waals surface area contributed by atoms with E-state index >= 15 is 0 Å². The van der Waals surface area contributed by atoms with Crippen molar-refractivity contribution in [1.29, 1.82) is 0 Å². The van der Waals surface area contributed by atoms with Gasteiger partial charge >= 0.3 is 0 Å². The molecule has 1 aliphatic heterocycles. The summed E-state index contributed by atoms with van der Waals surface area (Å²) < 4.78 is 14.4. The number of benzene rings is 3. The summed E-state index contributed by atoms with van der Waals surface area (Å²) in [6.45, 7) is 3.98. The van der Waals surface area contributed by atoms with Gasteiger partial charge in [-0.1, -0.05) is 30.3 Å². The third kappa shape index (κ3) is 3.87. The highest BCUT2D eigenvalue weighted by Gasteiger charge is 2.14. The minimum atomic E-state index is -0.301. The Bertz CT molecular complexity index is 1220. The monoisotopic (exact) mass is 414 g/mol. The lowest BCUT2D eigenvalue weighted by atomic mass is 10.0. The number of hydrogen-bond acceptors (Lipinski definition) is 6. The molecule has 7 heteroatoms. The molecule has 0 unspecified atom stereocenters. The van der Waals surface area contributed by atoms with Crippen LogP contribution >= 0.6 is 0 Å². The fraction of sp³-hybridized carbons (Fsp3) is 0.167. The first-order chi connectivity index (χ1) is 15.2. The van der Waals surface area contributed by atoms with E-state index in [0.717, 1.165) is 31.9 Å². The van der Waals surface area contributed by atoms with Crippen LogP contribution in [0.3, 0.4) is 0 Å². The zero-order valence-corrected chi connectivity index (χ0v) is 17.0. The Balaban J connectivity index is 1.48. The van der Waals surface area contributed by atoms with Crippen molar-refractivity contribution in [3.05, 3.63) is 72.5 Å². The second-order valence-electron chi connectivity index (χ2n) is 7.52. The maximum Gasteiger partial charge on any atom is 0.229 e. The molecule has 2 heterocycles. The van der Waals surface area contributed by atoms with E-state index in [9.17, 15) is 4.39 Å². The summed E-state index contributed by atoms with van der Waals surface area (Å²) >= 11 is 0. The van der Waals surface area contributed by atoms with E-state index < -0.39 is 0 Å². The predicted molar refractivity (Wildman–Crippen MR) is 124 cm³/mol. The van der Waals surface area contributed by atoms with Gasteiger partial charge in [-0.05, 0) is 36.4 Å². The van der Waals surface area contributed by atoms with Crippen LogP contribution in [0.4, 0.5) is 27.5 Å². The molecular formula is C24H23FN6. The Labute approximate surface area is 179 Å². The number of fused-ring (bicyclic) bond motifs is 1. The van der Waals surface area contributed by atoms with Gasteiger partial charge in [0.2, 0.25) is 5.95 Å². The Morgan fingerprint density at radius 2 is 1.61 bits per heavy atom. The molecule has 1 saturated heterocycles. The number of piperazine rings is 1. The van der Waals surface area contributed by atoms with E-state index in [1.807, 2.05) is 30.3 Å². The van der Waals surface area contributed by atoms with Crippen LogP contribution in [0.5, 0.6) is 0 Å². The standard InChI is InChI=1S/C24H23FN6/c25-21-7-2-1-4-18(21)19-5-3-6-20-22(19)29-24(30-23(20)26)28-16-8-10-17(11-9-16)31-14-12-27-13-15-31/h1-11,27H,12-15H2,(H3,26,28,29,30). The van der Waals surface area contributed by atoms with E-state index in [4.69, 9.17) is 5.73 Å². The molecule has 156 valence electrons. The normalized spacial score (nSPS) is 14.0. The highest BCUT2D eigenvalue weighted by molar-refractivity contribution is 5.99. The Morgan fingerprint density at radius 1 is 0.871 bits per heavy atom. The van der Waals surface area contributed by atoms with Crippen LogP contribution in [0.15, 0.2) is 66.7 Å². The number of hydrogen-bond donors (Lipinski definition) is 3. The largest absolute Gasteiger partial charge is 0.383 e. The van der Waals surface area contributed by atoms with Gasteiger partial charge in [-0.3, -0.25) is 0 Å². The predicted octanol–water partition coefficient (Wildman–Crippen LogP) is 4.17. The quantitative estimate of drug-likeness (QED) is 0.465. The minimum Gasteiger partial charge on any atom is -0.383 e. The molecule has 4 N–H and O–H groups in total. The van der Waals surface area contributed by atoms with E-state index in [-0.39, 0.29) is 5.82 Å². The van der Waals surface area contributed by atoms with E-state index in [1.54, 1.807) is 18.2 Å². The summed E-state index contributed by atoms with van der Waals surface area (Å²) in [4.78, 5) is 11.4. The zero-order chi connectivity index (χ0) is 21.2. The van der Waals surface area contributed by atoms with Crippen LogP contribution in [-0.4, -0.2) is 36.1 Å². The molecule has 0 spiro atoms. The van der Waals surface area contributed by atoms with Gasteiger partial charge in [0.15, 0.2) is 0 Å². The number of nitrogens with two attached hydrogens (primary N) is 1. The molecule has 1 aromatic heterocycles. The van der Waals surface area contributed by atoms with Crippen LogP contribution in [0.1, 0.15) is 0 Å². The number of anilines is 4. The van der Waals surface area contributed by atoms with Crippen LogP contribution in [0.2, 0.25) is 0 Å². The van der Waals surface area contributed by atoms with Crippen LogP contribution < -0.4 is 21.3 Å². The number of halogens is 1. The summed E-state index contributed by atoms with van der Waals surface area (Å²) in [5.41, 5.74) is 10.0. The van der Waals surface area contributed by atoms with Crippen molar-refractivity contribution >= 4 is 34.0 Å². The van der Waals surface area contributed by atoms with Crippen molar-refractivity contribution in [3.63, 3.8) is 0 Å². The van der Waals surface area contributed by atoms with Crippen molar-refractivity contribution in [2.45, 2.75) is 0 Å². The molecule has 3 aromatic carbocycles. The molecule has 1 fully saturated rings. The van der Waals surface area contributed by atoms with Crippen LogP contribution in [0.25, 0.3) is 22.0 Å². The minimum absolute atomic E-state index is 0.301. The molecule has 0 aliphatic carbocycles. The fourth-order valence-electron chi connectivity index (χ4n) is 3.94. The van der Waals surface area contributed by atoms with Crippen molar-refractivity contribution in [2.24, 2.45) is 0 Å². The SMILES string of the molecule is Nc1nc(Nc2ccc(N3CCNCC3)cc2)nc2c(-c3ccccc3F)cccc12. The first kappa shape index (κ1) is 19.3. The van der Waals surface area contributed by atoms with Crippen molar-refractivity contribution in [1.82, 2.24) is 15.3 Å². The van der Waals surface area contributed by atoms with Crippen molar-refractivity contribution < 1.29 is 4.39 Å². The maximum atomic E-state index is 14.4. The van der Waals surface area contributed by atoms with Crippen molar-refractivity contribution in [2.75, 3.05) is 42.1 Å². The summed E-state index contributed by atoms with van der Waals surface area (Å²) in [5.74, 6) is 0.428. The first-order valence-electron chi connectivity index (χ1n) is 10.3. The third-order valence-electron chi connectivity index (χ3n) is 5.53. The number of rotatable bonds is 4. The van der Waals surface area contributed by atoms with Crippen LogP contribution in [0, 0.1) is 5.82 Å². The molecule has 0 radical (unpaired) electrons. The van der Waals surface area contributed by atoms with Gasteiger partial charge in [-0.25, -0.2) is 9.37 Å². The maximum absolute atomic E-state index is 14.4. The number of nitrogens with zero attached hydrogens (tertiary/aromatic N) is 3. The smallest absolute Gasteiger partial charge is 0.229 e. The van der Waals surface area contributed by atoms with Gasteiger partial charge in [-0.2, -0.15) is 4.98 Å². The molecule has 5 rings (SSSR count). The molecule has 0 bridgehead atoms. The number of aromatic nitrogens is 2. The summed E-state index contributed by atoms with van der Waals surface area (Å²) in [5, 5.41) is 7.29. The average Bonchev–Trinajstić information content (AvgIpc) is 2.80. The summed E-state index contributed by atoms with van der Waals surface area (Å²) in [6.07, 6.45) is 0. The van der Waals surface area contributed by atoms with Gasteiger partial charge in [0.05, 0.1) is 5.52 Å². The molecule has 0 saturated carbocycles. The molecule has 0 atom stereocenters. The van der Waals surface area contributed by atoms with Gasteiger partial charge in [-0.15, -0.1) is 0 Å². The summed E-state index contributed by atoms with van der Waals surface area (Å²) in [7, 11) is 0. The number of para-hydroxylation sites is 1. The molecule has 6 nitrogen and oxygen atoms in total. The highest BCUT2D eigenvalue weighted by atomic mass is 19.1. The van der Waals surface area contributed by atoms with Crippen molar-refractivity contribution in [3.8, 4) is 11.1 Å². The lowest BCUT2D eigenvalue weighted by Crippen LogP contribution is -2.43. The Hall–Kier alpha value is -3.71. The van der Waals surface area contributed by atoms with Gasteiger partial charge in [0.25, 0.3) is 0 Å². The Morgan fingerprint density at radius 3 is 2.39 bits per heavy atom. The lowest BCUT2D eigenvalue weighted by molar-refractivity contribution is 0.589. The molecular weight excluding hydrogens is 391 g/mol. The van der Waals surface area contributed by atoms with Gasteiger partial charge < -0.3 is 21.3 Å². The first-order valence-corrected chi connectivity index (χ1v) is 10.3. The average molecular weight is 414 g/mol. The van der Waals surface area contributed by atoms with E-state index in [2.05, 4.69) is 37.6 Å². The van der Waals surface area contributed by atoms with Gasteiger partial charge in [0, 0.05) is 54.1 Å². The summed E-state index contributed by atoms with van der Waals surface area (Å²) in [6, 6.07) is 20.4. The van der Waals surface area contributed by atoms with E-state index in [0.29, 0.717) is 33.8 Å². The molecule has 1 aliphatic rings. The third-order valence-corrected chi connectivity index (χ3v) is 5.53. The second-order valence-corrected chi connectivity index (χ2v) is 7.52. The van der Waals surface area contributed by atoms with Crippen LogP contribution in [-0.2, 0) is 0 Å². The molecule has 0 amide bonds. The van der Waals surface area contributed by atoms with Gasteiger partial charge in [0.1, 0.15) is 11.6 Å². The fourth-order valence-corrected chi connectivity index (χ4v) is 3.94. The van der Waals surface area contributed by atoms with E-state index in [1.165, 1.54) is 11.8 Å². The zero-order valence-electron chi connectivity index (χ0n) is 17.0.